The van der Waals surface area contributed by atoms with Crippen molar-refractivity contribution in [3.8, 4) is 5.69 Å². The molecule has 22 heavy (non-hydrogen) atoms. The first-order valence-electron chi connectivity index (χ1n) is 7.19. The molecular formula is C15H18N4O3. The number of esters is 1. The highest BCUT2D eigenvalue weighted by Crippen LogP contribution is 2.31. The van der Waals surface area contributed by atoms with Crippen molar-refractivity contribution in [2.45, 2.75) is 25.5 Å². The molecule has 0 amide bonds. The lowest BCUT2D eigenvalue weighted by molar-refractivity contribution is 0.0600. The van der Waals surface area contributed by atoms with Gasteiger partial charge in [-0.05, 0) is 31.0 Å². The van der Waals surface area contributed by atoms with E-state index >= 15 is 0 Å². The summed E-state index contributed by atoms with van der Waals surface area (Å²) in [6, 6.07) is 7.06. The molecule has 0 radical (unpaired) electrons. The molecule has 0 spiro atoms. The summed E-state index contributed by atoms with van der Waals surface area (Å²) in [7, 11) is 1.36. The molecule has 1 unspecified atom stereocenters. The van der Waals surface area contributed by atoms with E-state index in [1.807, 2.05) is 6.07 Å². The standard InChI is InChI=1S/C15H18N4O3/c1-21-15(20)10-4-2-5-11(8-10)19-14(12(9-16)17-18-19)13-6-3-7-22-13/h2,4-5,8,13H,3,6-7,9,16H2,1H3. The molecule has 3 rings (SSSR count). The Hall–Kier alpha value is -2.25. The van der Waals surface area contributed by atoms with Crippen molar-refractivity contribution in [1.82, 2.24) is 15.0 Å². The Morgan fingerprint density at radius 1 is 1.55 bits per heavy atom. The van der Waals surface area contributed by atoms with Gasteiger partial charge in [0.25, 0.3) is 0 Å². The maximum Gasteiger partial charge on any atom is 0.337 e. The Kier molecular flexibility index (Phi) is 4.17. The average molecular weight is 302 g/mol. The largest absolute Gasteiger partial charge is 0.465 e. The van der Waals surface area contributed by atoms with Gasteiger partial charge in [-0.1, -0.05) is 11.3 Å². The van der Waals surface area contributed by atoms with Crippen LogP contribution in [0, 0.1) is 0 Å². The van der Waals surface area contributed by atoms with Crippen LogP contribution in [0.1, 0.15) is 40.7 Å². The summed E-state index contributed by atoms with van der Waals surface area (Å²) in [6.45, 7) is 1.02. The topological polar surface area (TPSA) is 92.3 Å². The second kappa shape index (κ2) is 6.25. The predicted molar refractivity (Wildman–Crippen MR) is 78.5 cm³/mol. The SMILES string of the molecule is COC(=O)c1cccc(-n2nnc(CN)c2C2CCCO2)c1. The van der Waals surface area contributed by atoms with E-state index in [1.54, 1.807) is 22.9 Å². The summed E-state index contributed by atoms with van der Waals surface area (Å²) in [5.74, 6) is -0.389. The molecule has 1 atom stereocenters. The maximum atomic E-state index is 11.7. The van der Waals surface area contributed by atoms with Crippen molar-refractivity contribution >= 4 is 5.97 Å². The lowest BCUT2D eigenvalue weighted by atomic mass is 10.1. The third kappa shape index (κ3) is 2.60. The fraction of sp³-hybridized carbons (Fsp3) is 0.400. The molecule has 116 valence electrons. The molecule has 1 fully saturated rings. The zero-order chi connectivity index (χ0) is 15.5. The first kappa shape index (κ1) is 14.7. The number of hydrogen-bond donors (Lipinski definition) is 1. The molecule has 0 bridgehead atoms. The molecule has 1 aliphatic rings. The fourth-order valence-corrected chi connectivity index (χ4v) is 2.65. The smallest absolute Gasteiger partial charge is 0.337 e. The minimum Gasteiger partial charge on any atom is -0.465 e. The van der Waals surface area contributed by atoms with Gasteiger partial charge < -0.3 is 15.2 Å². The zero-order valence-corrected chi connectivity index (χ0v) is 12.4. The second-order valence-corrected chi connectivity index (χ2v) is 5.08. The van der Waals surface area contributed by atoms with Crippen LogP contribution in [0.4, 0.5) is 0 Å². The van der Waals surface area contributed by atoms with Crippen molar-refractivity contribution in [2.75, 3.05) is 13.7 Å². The van der Waals surface area contributed by atoms with Crippen LogP contribution in [-0.2, 0) is 16.0 Å². The molecule has 2 heterocycles. The number of methoxy groups -OCH3 is 1. The molecule has 1 aromatic heterocycles. The lowest BCUT2D eigenvalue weighted by Gasteiger charge is -2.13. The van der Waals surface area contributed by atoms with E-state index in [9.17, 15) is 4.79 Å². The Balaban J connectivity index is 2.04. The molecule has 7 nitrogen and oxygen atoms in total. The summed E-state index contributed by atoms with van der Waals surface area (Å²) in [5, 5.41) is 8.32. The van der Waals surface area contributed by atoms with Gasteiger partial charge in [-0.2, -0.15) is 0 Å². The van der Waals surface area contributed by atoms with E-state index in [0.717, 1.165) is 36.5 Å². The fourth-order valence-electron chi connectivity index (χ4n) is 2.65. The van der Waals surface area contributed by atoms with Crippen molar-refractivity contribution < 1.29 is 14.3 Å². The van der Waals surface area contributed by atoms with Crippen LogP contribution in [0.15, 0.2) is 24.3 Å². The number of nitrogens with two attached hydrogens (primary N) is 1. The average Bonchev–Trinajstić information content (AvgIpc) is 3.22. The highest BCUT2D eigenvalue weighted by Gasteiger charge is 2.26. The summed E-state index contributed by atoms with van der Waals surface area (Å²) in [6.07, 6.45) is 1.86. The molecule has 1 aliphatic heterocycles. The van der Waals surface area contributed by atoms with Crippen LogP contribution in [-0.4, -0.2) is 34.7 Å². The Bertz CT molecular complexity index is 677. The number of nitrogens with zero attached hydrogens (tertiary/aromatic N) is 3. The molecule has 2 aromatic rings. The molecule has 0 aliphatic carbocycles. The summed E-state index contributed by atoms with van der Waals surface area (Å²) in [5.41, 5.74) is 8.54. The molecule has 7 heteroatoms. The van der Waals surface area contributed by atoms with E-state index in [2.05, 4.69) is 10.3 Å². The molecule has 2 N–H and O–H groups in total. The highest BCUT2D eigenvalue weighted by molar-refractivity contribution is 5.89. The van der Waals surface area contributed by atoms with Gasteiger partial charge in [0.2, 0.25) is 0 Å². The molecule has 1 aromatic carbocycles. The minimum absolute atomic E-state index is 0.0599. The third-order valence-corrected chi connectivity index (χ3v) is 3.72. The molecule has 0 saturated carbocycles. The third-order valence-electron chi connectivity index (χ3n) is 3.72. The van der Waals surface area contributed by atoms with Crippen LogP contribution < -0.4 is 5.73 Å². The van der Waals surface area contributed by atoms with Gasteiger partial charge in [0, 0.05) is 13.2 Å². The van der Waals surface area contributed by atoms with Gasteiger partial charge in [0.1, 0.15) is 11.8 Å². The van der Waals surface area contributed by atoms with Crippen LogP contribution >= 0.6 is 0 Å². The monoisotopic (exact) mass is 302 g/mol. The summed E-state index contributed by atoms with van der Waals surface area (Å²) < 4.78 is 12.2. The number of hydrogen-bond acceptors (Lipinski definition) is 6. The van der Waals surface area contributed by atoms with E-state index in [1.165, 1.54) is 7.11 Å². The van der Waals surface area contributed by atoms with Crippen molar-refractivity contribution in [3.05, 3.63) is 41.2 Å². The summed E-state index contributed by atoms with van der Waals surface area (Å²) >= 11 is 0. The van der Waals surface area contributed by atoms with E-state index in [-0.39, 0.29) is 12.1 Å². The lowest BCUT2D eigenvalue weighted by Crippen LogP contribution is -2.11. The van der Waals surface area contributed by atoms with E-state index < -0.39 is 0 Å². The van der Waals surface area contributed by atoms with Crippen LogP contribution in [0.25, 0.3) is 5.69 Å². The quantitative estimate of drug-likeness (QED) is 0.857. The molecular weight excluding hydrogens is 284 g/mol. The van der Waals surface area contributed by atoms with Crippen molar-refractivity contribution in [1.29, 1.82) is 0 Å². The van der Waals surface area contributed by atoms with Crippen LogP contribution in [0.3, 0.4) is 0 Å². The van der Waals surface area contributed by atoms with Crippen LogP contribution in [0.2, 0.25) is 0 Å². The Labute approximate surface area is 128 Å². The van der Waals surface area contributed by atoms with Crippen molar-refractivity contribution in [2.24, 2.45) is 5.73 Å². The van der Waals surface area contributed by atoms with E-state index in [0.29, 0.717) is 12.1 Å². The first-order valence-corrected chi connectivity index (χ1v) is 7.19. The number of benzene rings is 1. The number of rotatable bonds is 4. The molecule has 1 saturated heterocycles. The van der Waals surface area contributed by atoms with Crippen LogP contribution in [0.5, 0.6) is 0 Å². The minimum atomic E-state index is -0.389. The second-order valence-electron chi connectivity index (χ2n) is 5.08. The van der Waals surface area contributed by atoms with Gasteiger partial charge in [0.15, 0.2) is 0 Å². The first-order chi connectivity index (χ1) is 10.7. The van der Waals surface area contributed by atoms with E-state index in [4.69, 9.17) is 15.2 Å². The van der Waals surface area contributed by atoms with Gasteiger partial charge >= 0.3 is 5.97 Å². The van der Waals surface area contributed by atoms with Gasteiger partial charge in [0.05, 0.1) is 24.1 Å². The zero-order valence-electron chi connectivity index (χ0n) is 12.4. The van der Waals surface area contributed by atoms with Crippen molar-refractivity contribution in [3.63, 3.8) is 0 Å². The Morgan fingerprint density at radius 3 is 3.09 bits per heavy atom. The van der Waals surface area contributed by atoms with Gasteiger partial charge in [-0.3, -0.25) is 0 Å². The highest BCUT2D eigenvalue weighted by atomic mass is 16.5. The number of carbonyl (C=O) groups is 1. The van der Waals surface area contributed by atoms with Gasteiger partial charge in [-0.15, -0.1) is 5.10 Å². The number of carbonyl (C=O) groups excluding carboxylic acids is 1. The normalized spacial score (nSPS) is 17.6. The summed E-state index contributed by atoms with van der Waals surface area (Å²) in [4.78, 5) is 11.7. The predicted octanol–water partition coefficient (Wildman–Crippen LogP) is 1.36. The van der Waals surface area contributed by atoms with Gasteiger partial charge in [-0.25, -0.2) is 9.48 Å². The Morgan fingerprint density at radius 2 is 2.41 bits per heavy atom. The number of aromatic nitrogens is 3. The maximum absolute atomic E-state index is 11.7. The number of ether oxygens (including phenoxy) is 2.